The lowest BCUT2D eigenvalue weighted by atomic mass is 10.1. The summed E-state index contributed by atoms with van der Waals surface area (Å²) in [6, 6.07) is 14.6. The van der Waals surface area contributed by atoms with E-state index in [1.54, 1.807) is 7.05 Å². The van der Waals surface area contributed by atoms with Gasteiger partial charge in [0.25, 0.3) is 5.91 Å². The molecule has 2 N–H and O–H groups in total. The zero-order valence-electron chi connectivity index (χ0n) is 13.2. The summed E-state index contributed by atoms with van der Waals surface area (Å²) < 4.78 is 13.0. The van der Waals surface area contributed by atoms with E-state index >= 15 is 0 Å². The van der Waals surface area contributed by atoms with Crippen molar-refractivity contribution in [3.63, 3.8) is 0 Å². The Labute approximate surface area is 130 Å². The van der Waals surface area contributed by atoms with Crippen LogP contribution >= 0.6 is 0 Å². The SMILES string of the molecule is CNC(=O)c1ccc(C[NH+](C)[C@H](C)c2ccc(F)cc2)cc1. The maximum absolute atomic E-state index is 13.0. The van der Waals surface area contributed by atoms with Gasteiger partial charge in [-0.2, -0.15) is 0 Å². The number of benzene rings is 2. The first-order chi connectivity index (χ1) is 10.5. The van der Waals surface area contributed by atoms with E-state index in [0.29, 0.717) is 5.56 Å². The molecule has 116 valence electrons. The topological polar surface area (TPSA) is 33.5 Å². The Morgan fingerprint density at radius 3 is 2.27 bits per heavy atom. The van der Waals surface area contributed by atoms with E-state index in [9.17, 15) is 9.18 Å². The molecule has 1 unspecified atom stereocenters. The Kier molecular flexibility index (Phi) is 5.28. The third kappa shape index (κ3) is 3.92. The zero-order chi connectivity index (χ0) is 16.1. The van der Waals surface area contributed by atoms with Gasteiger partial charge in [-0.25, -0.2) is 4.39 Å². The second-order valence-corrected chi connectivity index (χ2v) is 5.57. The number of carbonyl (C=O) groups excluding carboxylic acids is 1. The van der Waals surface area contributed by atoms with Crippen LogP contribution in [0.5, 0.6) is 0 Å². The van der Waals surface area contributed by atoms with E-state index < -0.39 is 0 Å². The van der Waals surface area contributed by atoms with Crippen molar-refractivity contribution < 1.29 is 14.1 Å². The van der Waals surface area contributed by atoms with E-state index in [-0.39, 0.29) is 17.8 Å². The highest BCUT2D eigenvalue weighted by Gasteiger charge is 2.16. The molecule has 0 saturated heterocycles. The van der Waals surface area contributed by atoms with Crippen LogP contribution in [0.1, 0.15) is 34.5 Å². The highest BCUT2D eigenvalue weighted by atomic mass is 19.1. The lowest BCUT2D eigenvalue weighted by molar-refractivity contribution is -0.924. The number of carbonyl (C=O) groups is 1. The fourth-order valence-corrected chi connectivity index (χ4v) is 2.43. The van der Waals surface area contributed by atoms with Crippen molar-refractivity contribution in [2.75, 3.05) is 14.1 Å². The molecule has 0 aromatic heterocycles. The third-order valence-corrected chi connectivity index (χ3v) is 4.04. The quantitative estimate of drug-likeness (QED) is 0.870. The molecule has 2 rings (SSSR count). The largest absolute Gasteiger partial charge is 0.355 e. The zero-order valence-corrected chi connectivity index (χ0v) is 13.2. The summed E-state index contributed by atoms with van der Waals surface area (Å²) in [6.07, 6.45) is 0. The van der Waals surface area contributed by atoms with Crippen molar-refractivity contribution in [1.29, 1.82) is 0 Å². The van der Waals surface area contributed by atoms with Gasteiger partial charge in [0.1, 0.15) is 18.4 Å². The third-order valence-electron chi connectivity index (χ3n) is 4.04. The molecule has 0 aliphatic heterocycles. The fourth-order valence-electron chi connectivity index (χ4n) is 2.43. The van der Waals surface area contributed by atoms with Crippen LogP contribution in [0.4, 0.5) is 4.39 Å². The first kappa shape index (κ1) is 16.2. The van der Waals surface area contributed by atoms with E-state index in [0.717, 1.165) is 12.1 Å². The molecular formula is C18H22FN2O+. The Morgan fingerprint density at radius 2 is 1.73 bits per heavy atom. The molecule has 0 saturated carbocycles. The van der Waals surface area contributed by atoms with E-state index in [2.05, 4.69) is 19.3 Å². The Balaban J connectivity index is 2.03. The average molecular weight is 301 g/mol. The molecule has 0 heterocycles. The summed E-state index contributed by atoms with van der Waals surface area (Å²) in [7, 11) is 3.74. The molecule has 2 aromatic carbocycles. The van der Waals surface area contributed by atoms with Gasteiger partial charge in [-0.1, -0.05) is 24.3 Å². The summed E-state index contributed by atoms with van der Waals surface area (Å²) in [6.45, 7) is 2.97. The number of nitrogens with one attached hydrogen (secondary N) is 2. The van der Waals surface area contributed by atoms with Crippen molar-refractivity contribution in [3.8, 4) is 0 Å². The number of quaternary nitrogens is 1. The monoisotopic (exact) mass is 301 g/mol. The van der Waals surface area contributed by atoms with Gasteiger partial charge >= 0.3 is 0 Å². The molecule has 0 bridgehead atoms. The van der Waals surface area contributed by atoms with Crippen molar-refractivity contribution >= 4 is 5.91 Å². The summed E-state index contributed by atoms with van der Waals surface area (Å²) >= 11 is 0. The minimum absolute atomic E-state index is 0.0769. The van der Waals surface area contributed by atoms with Crippen LogP contribution in [0.15, 0.2) is 48.5 Å². The standard InChI is InChI=1S/C18H21FN2O/c1-13(15-8-10-17(19)11-9-15)21(3)12-14-4-6-16(7-5-14)18(22)20-2/h4-11,13H,12H2,1-3H3,(H,20,22)/p+1/t13-/m1/s1. The van der Waals surface area contributed by atoms with Crippen LogP contribution in [-0.2, 0) is 6.54 Å². The van der Waals surface area contributed by atoms with Crippen molar-refractivity contribution in [3.05, 3.63) is 71.0 Å². The van der Waals surface area contributed by atoms with E-state index in [1.807, 2.05) is 36.4 Å². The maximum atomic E-state index is 13.0. The van der Waals surface area contributed by atoms with Crippen LogP contribution in [0.3, 0.4) is 0 Å². The highest BCUT2D eigenvalue weighted by molar-refractivity contribution is 5.93. The summed E-state index contributed by atoms with van der Waals surface area (Å²) in [5, 5.41) is 2.61. The molecule has 4 heteroatoms. The summed E-state index contributed by atoms with van der Waals surface area (Å²) in [5.41, 5.74) is 2.94. The Morgan fingerprint density at radius 1 is 1.14 bits per heavy atom. The van der Waals surface area contributed by atoms with Crippen LogP contribution in [0.2, 0.25) is 0 Å². The normalized spacial score (nSPS) is 13.5. The van der Waals surface area contributed by atoms with Crippen LogP contribution in [0, 0.1) is 5.82 Å². The van der Waals surface area contributed by atoms with Crippen LogP contribution in [0.25, 0.3) is 0 Å². The maximum Gasteiger partial charge on any atom is 0.251 e. The second kappa shape index (κ2) is 7.18. The van der Waals surface area contributed by atoms with Crippen molar-refractivity contribution in [2.45, 2.75) is 19.5 Å². The Hall–Kier alpha value is -2.20. The second-order valence-electron chi connectivity index (χ2n) is 5.57. The molecule has 2 aromatic rings. The van der Waals surface area contributed by atoms with Gasteiger partial charge in [0.05, 0.1) is 7.05 Å². The van der Waals surface area contributed by atoms with Crippen LogP contribution in [-0.4, -0.2) is 20.0 Å². The number of hydrogen-bond donors (Lipinski definition) is 2. The average Bonchev–Trinajstić information content (AvgIpc) is 2.54. The molecule has 0 aliphatic carbocycles. The van der Waals surface area contributed by atoms with Gasteiger partial charge in [0.2, 0.25) is 0 Å². The smallest absolute Gasteiger partial charge is 0.251 e. The highest BCUT2D eigenvalue weighted by Crippen LogP contribution is 2.11. The van der Waals surface area contributed by atoms with Gasteiger partial charge in [-0.15, -0.1) is 0 Å². The summed E-state index contributed by atoms with van der Waals surface area (Å²) in [4.78, 5) is 12.8. The van der Waals surface area contributed by atoms with Gasteiger partial charge in [0, 0.05) is 23.7 Å². The molecule has 1 amide bonds. The van der Waals surface area contributed by atoms with Gasteiger partial charge in [0.15, 0.2) is 0 Å². The molecule has 0 aliphatic rings. The van der Waals surface area contributed by atoms with Gasteiger partial charge in [-0.05, 0) is 31.2 Å². The van der Waals surface area contributed by atoms with E-state index in [1.165, 1.54) is 22.6 Å². The summed E-state index contributed by atoms with van der Waals surface area (Å²) in [5.74, 6) is -0.287. The number of hydrogen-bond acceptors (Lipinski definition) is 1. The predicted octanol–water partition coefficient (Wildman–Crippen LogP) is 1.96. The number of halogens is 1. The minimum atomic E-state index is -0.210. The number of amides is 1. The van der Waals surface area contributed by atoms with Gasteiger partial charge < -0.3 is 10.2 Å². The first-order valence-corrected chi connectivity index (χ1v) is 7.40. The Bertz CT molecular complexity index is 623. The first-order valence-electron chi connectivity index (χ1n) is 7.40. The molecule has 2 atom stereocenters. The van der Waals surface area contributed by atoms with E-state index in [4.69, 9.17) is 0 Å². The molecule has 3 nitrogen and oxygen atoms in total. The van der Waals surface area contributed by atoms with Crippen molar-refractivity contribution in [1.82, 2.24) is 5.32 Å². The predicted molar refractivity (Wildman–Crippen MR) is 85.2 cm³/mol. The fraction of sp³-hybridized carbons (Fsp3) is 0.278. The van der Waals surface area contributed by atoms with Gasteiger partial charge in [-0.3, -0.25) is 4.79 Å². The molecular weight excluding hydrogens is 279 g/mol. The lowest BCUT2D eigenvalue weighted by Gasteiger charge is -2.22. The number of rotatable bonds is 5. The van der Waals surface area contributed by atoms with Crippen molar-refractivity contribution in [2.24, 2.45) is 0 Å². The molecule has 0 spiro atoms. The minimum Gasteiger partial charge on any atom is -0.355 e. The lowest BCUT2D eigenvalue weighted by Crippen LogP contribution is -3.07. The molecule has 0 fully saturated rings. The molecule has 0 radical (unpaired) electrons. The molecule has 22 heavy (non-hydrogen) atoms. The van der Waals surface area contributed by atoms with Crippen LogP contribution < -0.4 is 10.2 Å².